The Morgan fingerprint density at radius 1 is 0.637 bits per heavy atom. The summed E-state index contributed by atoms with van der Waals surface area (Å²) in [6.07, 6.45) is 11.1. The van der Waals surface area contributed by atoms with E-state index in [1.54, 1.807) is 0 Å². The van der Waals surface area contributed by atoms with Gasteiger partial charge >= 0.3 is 0 Å². The third-order valence-corrected chi connectivity index (χ3v) is 14.1. The predicted octanol–water partition coefficient (Wildman–Crippen LogP) is 6.95. The number of phenolic OH excluding ortho intramolecular Hbond substituents is 1. The van der Waals surface area contributed by atoms with Crippen LogP contribution in [0.5, 0.6) is 23.0 Å². The fourth-order valence-corrected chi connectivity index (χ4v) is 9.46. The van der Waals surface area contributed by atoms with Crippen molar-refractivity contribution >= 4 is 57.2 Å². The molecule has 0 unspecified atom stereocenters. The van der Waals surface area contributed by atoms with Crippen molar-refractivity contribution < 1.29 is 42.9 Å². The van der Waals surface area contributed by atoms with E-state index < -0.39 is 30.5 Å². The first-order chi connectivity index (χ1) is 38.3. The maximum atomic E-state index is 14.9. The van der Waals surface area contributed by atoms with Crippen molar-refractivity contribution in [1.29, 1.82) is 0 Å². The lowest BCUT2D eigenvalue weighted by atomic mass is 9.96. The number of hydrogen-bond acceptors (Lipinski definition) is 14. The number of nitrogens with two attached hydrogens (primary N) is 4. The second kappa shape index (κ2) is 36.6. The maximum Gasteiger partial charge on any atom is 0.223 e. The van der Waals surface area contributed by atoms with Gasteiger partial charge in [-0.05, 0) is 131 Å². The van der Waals surface area contributed by atoms with E-state index >= 15 is 0 Å². The molecule has 20 heteroatoms. The molecule has 3 rings (SSSR count). The first kappa shape index (κ1) is 67.6. The van der Waals surface area contributed by atoms with E-state index in [0.29, 0.717) is 57.4 Å². The van der Waals surface area contributed by atoms with Crippen LogP contribution in [0.25, 0.3) is 21.9 Å². The third-order valence-electron chi connectivity index (χ3n) is 14.1. The molecule has 0 aliphatic heterocycles. The number of fused-ring (bicyclic) bond motifs is 2. The number of methoxy groups -OCH3 is 1. The summed E-state index contributed by atoms with van der Waals surface area (Å²) in [7, 11) is 1.43. The van der Waals surface area contributed by atoms with Crippen LogP contribution in [0.4, 0.5) is 0 Å². The van der Waals surface area contributed by atoms with Crippen LogP contribution in [0.1, 0.15) is 144 Å². The van der Waals surface area contributed by atoms with Gasteiger partial charge < -0.3 is 67.1 Å². The number of nitrogens with one attached hydrogen (secondary N) is 2. The number of ether oxygens (including phenoxy) is 3. The molecule has 1 heterocycles. The lowest BCUT2D eigenvalue weighted by Crippen LogP contribution is -2.34. The van der Waals surface area contributed by atoms with Crippen LogP contribution in [0.2, 0.25) is 0 Å². The summed E-state index contributed by atoms with van der Waals surface area (Å²) >= 11 is 0. The van der Waals surface area contributed by atoms with Crippen LogP contribution in [-0.2, 0) is 32.0 Å². The number of unbranched alkanes of at least 4 members (excludes halogenated alkanes) is 4. The van der Waals surface area contributed by atoms with Crippen molar-refractivity contribution in [2.45, 2.75) is 145 Å². The van der Waals surface area contributed by atoms with Crippen molar-refractivity contribution in [3.8, 4) is 23.0 Å². The highest BCUT2D eigenvalue weighted by Gasteiger charge is 2.28. The SMILES string of the molecule is CCN(CC)CCCCCNC(=O)[C@H](CCCN=C(N)N)CC(=O)COc1cc2oc3cc(OCC(=O)C[C@@H](CCCN=C(N)N)C(=O)NCCCCCN(CC)CC)c(OC)c(CC=C(C)C)c3c(=O)c2c(O)c1CC=C(C)C. The molecule has 0 aliphatic carbocycles. The number of guanidine groups is 2. The zero-order valence-electron chi connectivity index (χ0n) is 49.6. The Morgan fingerprint density at radius 2 is 1.07 bits per heavy atom. The number of rotatable bonds is 41. The minimum absolute atomic E-state index is 0.0312. The van der Waals surface area contributed by atoms with Crippen molar-refractivity contribution in [3.05, 3.63) is 56.8 Å². The summed E-state index contributed by atoms with van der Waals surface area (Å²) in [5.74, 6) is -2.60. The summed E-state index contributed by atoms with van der Waals surface area (Å²) < 4.78 is 24.8. The largest absolute Gasteiger partial charge is 0.507 e. The zero-order chi connectivity index (χ0) is 59.1. The number of carbonyl (C=O) groups excluding carboxylic acids is 4. The van der Waals surface area contributed by atoms with Gasteiger partial charge in [0.1, 0.15) is 41.3 Å². The second-order valence-electron chi connectivity index (χ2n) is 20.8. The number of amides is 2. The highest BCUT2D eigenvalue weighted by molar-refractivity contribution is 5.98. The highest BCUT2D eigenvalue weighted by Crippen LogP contribution is 2.42. The molecule has 0 aliphatic rings. The van der Waals surface area contributed by atoms with Gasteiger partial charge in [-0.15, -0.1) is 0 Å². The molecule has 0 fully saturated rings. The minimum Gasteiger partial charge on any atom is -0.507 e. The first-order valence-corrected chi connectivity index (χ1v) is 28.8. The normalized spacial score (nSPS) is 12.0. The Labute approximate surface area is 474 Å². The fourth-order valence-electron chi connectivity index (χ4n) is 9.46. The highest BCUT2D eigenvalue weighted by atomic mass is 16.5. The average Bonchev–Trinajstić information content (AvgIpc) is 3.48. The molecular weight excluding hydrogens is 1020 g/mol. The number of nitrogens with zero attached hydrogens (tertiary/aromatic N) is 4. The van der Waals surface area contributed by atoms with Gasteiger partial charge in [0.15, 0.2) is 35.0 Å². The van der Waals surface area contributed by atoms with Crippen LogP contribution in [0.15, 0.2) is 54.6 Å². The number of carbonyl (C=O) groups is 4. The summed E-state index contributed by atoms with van der Waals surface area (Å²) in [5, 5.41) is 18.1. The van der Waals surface area contributed by atoms with Gasteiger partial charge in [-0.1, -0.05) is 63.8 Å². The van der Waals surface area contributed by atoms with Crippen molar-refractivity contribution in [2.24, 2.45) is 44.8 Å². The van der Waals surface area contributed by atoms with E-state index in [0.717, 1.165) is 88.9 Å². The molecule has 2 atom stereocenters. The van der Waals surface area contributed by atoms with Gasteiger partial charge in [0.05, 0.1) is 12.5 Å². The van der Waals surface area contributed by atoms with Crippen molar-refractivity contribution in [2.75, 3.05) is 85.8 Å². The molecule has 3 aromatic rings. The predicted molar refractivity (Wildman–Crippen MR) is 321 cm³/mol. The van der Waals surface area contributed by atoms with Crippen molar-refractivity contribution in [1.82, 2.24) is 20.4 Å². The van der Waals surface area contributed by atoms with E-state index in [-0.39, 0.29) is 111 Å². The lowest BCUT2D eigenvalue weighted by molar-refractivity contribution is -0.130. The summed E-state index contributed by atoms with van der Waals surface area (Å²) in [5.41, 5.74) is 24.2. The summed E-state index contributed by atoms with van der Waals surface area (Å²) in [6.45, 7) is 22.8. The zero-order valence-corrected chi connectivity index (χ0v) is 49.6. The Hall–Kier alpha value is -6.67. The smallest absolute Gasteiger partial charge is 0.223 e. The molecule has 11 N–H and O–H groups in total. The number of ketones is 2. The molecule has 80 heavy (non-hydrogen) atoms. The van der Waals surface area contributed by atoms with Crippen LogP contribution in [0, 0.1) is 11.8 Å². The van der Waals surface area contributed by atoms with Crippen LogP contribution in [0.3, 0.4) is 0 Å². The molecule has 20 nitrogen and oxygen atoms in total. The second-order valence-corrected chi connectivity index (χ2v) is 20.8. The number of allylic oxidation sites excluding steroid dienone is 4. The number of benzene rings is 2. The van der Waals surface area contributed by atoms with E-state index in [9.17, 15) is 29.1 Å². The number of aromatic hydroxyl groups is 1. The van der Waals surface area contributed by atoms with Gasteiger partial charge in [0.2, 0.25) is 17.2 Å². The molecule has 0 bridgehead atoms. The summed E-state index contributed by atoms with van der Waals surface area (Å²) in [6, 6.07) is 2.95. The van der Waals surface area contributed by atoms with Gasteiger partial charge in [-0.2, -0.15) is 0 Å². The maximum absolute atomic E-state index is 14.9. The Bertz CT molecular complexity index is 2640. The lowest BCUT2D eigenvalue weighted by Gasteiger charge is -2.19. The van der Waals surface area contributed by atoms with Crippen LogP contribution < -0.4 is 53.2 Å². The van der Waals surface area contributed by atoms with Crippen molar-refractivity contribution in [3.63, 3.8) is 0 Å². The average molecular weight is 1120 g/mol. The van der Waals surface area contributed by atoms with E-state index in [1.165, 1.54) is 19.2 Å². The molecule has 0 radical (unpaired) electrons. The van der Waals surface area contributed by atoms with Gasteiger partial charge in [-0.3, -0.25) is 34.0 Å². The molecule has 0 spiro atoms. The molecule has 2 aromatic carbocycles. The Kier molecular flexibility index (Phi) is 30.9. The Morgan fingerprint density at radius 3 is 1.51 bits per heavy atom. The molecule has 0 saturated carbocycles. The number of hydrogen-bond donors (Lipinski definition) is 7. The standard InChI is InChI=1S/C60H96N10O10/c1-10-69(11-2)32-18-14-16-28-65-57(75)42(22-20-30-67-59(61)62)34-44(71)38-78-48-36-50-53(54(73)46(48)26-24-40(5)6)55(74)52-47(27-25-41(7)8)56(77-9)51(37-49(52)80-50)79-39-45(72)35-43(23-21-31-68-60(63)64)58(76)66-29-17-15-19-33-70(12-3)13-4/h24-25,36-37,42-43,73H,10-23,26-35,38-39H2,1-9H3,(H,65,75)(H,66,76)(H4,61,62,67)(H4,63,64,68)/t42-,43-/m1/s1. The van der Waals surface area contributed by atoms with E-state index in [1.807, 2.05) is 39.8 Å². The van der Waals surface area contributed by atoms with Crippen LogP contribution in [-0.4, -0.2) is 136 Å². The van der Waals surface area contributed by atoms with E-state index in [2.05, 4.69) is 58.1 Å². The molecular formula is C60H96N10O10. The molecule has 446 valence electrons. The quantitative estimate of drug-likeness (QED) is 0.00994. The molecule has 1 aromatic heterocycles. The first-order valence-electron chi connectivity index (χ1n) is 28.8. The number of phenols is 1. The van der Waals surface area contributed by atoms with E-state index in [4.69, 9.17) is 41.6 Å². The van der Waals surface area contributed by atoms with Gasteiger partial charge in [-0.25, -0.2) is 0 Å². The van der Waals surface area contributed by atoms with Crippen LogP contribution >= 0.6 is 0 Å². The monoisotopic (exact) mass is 1120 g/mol. The fraction of sp³-hybridized carbons (Fsp3) is 0.617. The Balaban J connectivity index is 1.99. The molecule has 2 amide bonds. The minimum atomic E-state index is -0.671. The number of Topliss-reactive ketones (excluding diaryl/α,β-unsaturated/α-hetero) is 2. The molecule has 0 saturated heterocycles. The third kappa shape index (κ3) is 23.2. The van der Waals surface area contributed by atoms with Gasteiger partial charge in [0.25, 0.3) is 0 Å². The van der Waals surface area contributed by atoms with Gasteiger partial charge in [0, 0.05) is 74.1 Å². The summed E-state index contributed by atoms with van der Waals surface area (Å²) in [4.78, 5) is 82.4. The topological polar surface area (TPSA) is 306 Å². The number of aliphatic imine (C=N–C) groups is 2.